The molecule has 3 aliphatic rings. The monoisotopic (exact) mass is 505 g/mol. The Balaban J connectivity index is 1.11. The third-order valence-corrected chi connectivity index (χ3v) is 8.49. The Bertz CT molecular complexity index is 1050. The number of piperidine rings is 2. The Hall–Kier alpha value is -3.00. The van der Waals surface area contributed by atoms with Gasteiger partial charge in [-0.15, -0.1) is 0 Å². The van der Waals surface area contributed by atoms with Gasteiger partial charge in [-0.05, 0) is 75.7 Å². The third-order valence-electron chi connectivity index (χ3n) is 8.49. The number of hydrogen-bond donors (Lipinski definition) is 1. The fourth-order valence-electron chi connectivity index (χ4n) is 6.13. The minimum atomic E-state index is -0.339. The highest BCUT2D eigenvalue weighted by atomic mass is 16.5. The molecule has 8 nitrogen and oxygen atoms in total. The highest BCUT2D eigenvalue weighted by Crippen LogP contribution is 2.38. The van der Waals surface area contributed by atoms with E-state index >= 15 is 0 Å². The van der Waals surface area contributed by atoms with Gasteiger partial charge in [0.25, 0.3) is 0 Å². The van der Waals surface area contributed by atoms with E-state index < -0.39 is 0 Å². The lowest BCUT2D eigenvalue weighted by atomic mass is 9.73. The van der Waals surface area contributed by atoms with Crippen molar-refractivity contribution in [3.63, 3.8) is 0 Å². The lowest BCUT2D eigenvalue weighted by Gasteiger charge is -2.41. The number of hydrogen-bond acceptors (Lipinski definition) is 6. The summed E-state index contributed by atoms with van der Waals surface area (Å²) < 4.78 is 5.96. The van der Waals surface area contributed by atoms with E-state index in [1.807, 2.05) is 23.1 Å². The highest BCUT2D eigenvalue weighted by molar-refractivity contribution is 5.83. The normalized spacial score (nSPS) is 21.7. The zero-order chi connectivity index (χ0) is 25.5. The minimum absolute atomic E-state index is 0.155. The van der Waals surface area contributed by atoms with Gasteiger partial charge >= 0.3 is 0 Å². The molecular weight excluding hydrogens is 466 g/mol. The Morgan fingerprint density at radius 2 is 1.86 bits per heavy atom. The average Bonchev–Trinajstić information content (AvgIpc) is 2.95. The first-order valence-electron chi connectivity index (χ1n) is 13.9. The van der Waals surface area contributed by atoms with Crippen LogP contribution < -0.4 is 10.1 Å². The first-order chi connectivity index (χ1) is 18.1. The van der Waals surface area contributed by atoms with Gasteiger partial charge in [-0.1, -0.05) is 24.6 Å². The molecule has 4 heterocycles. The largest absolute Gasteiger partial charge is 0.491 e. The summed E-state index contributed by atoms with van der Waals surface area (Å²) in [6.07, 6.45) is 10.8. The smallest absolute Gasteiger partial charge is 0.236 e. The van der Waals surface area contributed by atoms with Crippen LogP contribution in [0.3, 0.4) is 0 Å². The number of carbonyl (C=O) groups excluding carboxylic acids is 2. The molecule has 1 aromatic heterocycles. The summed E-state index contributed by atoms with van der Waals surface area (Å²) in [7, 11) is 0. The molecule has 3 aliphatic heterocycles. The maximum Gasteiger partial charge on any atom is 0.236 e. The average molecular weight is 506 g/mol. The predicted molar refractivity (Wildman–Crippen MR) is 141 cm³/mol. The quantitative estimate of drug-likeness (QED) is 0.690. The molecule has 1 aromatic carbocycles. The molecule has 2 saturated heterocycles. The van der Waals surface area contributed by atoms with Crippen molar-refractivity contribution in [1.82, 2.24) is 25.1 Å². The summed E-state index contributed by atoms with van der Waals surface area (Å²) in [4.78, 5) is 39.0. The summed E-state index contributed by atoms with van der Waals surface area (Å²) >= 11 is 0. The standard InChI is InChI=1S/C29H39N5O3/c35-27(34-16-9-23(10-17-34)25-8-14-30-22-32-25)21-33-18-12-29(13-19-33)11-4-3-6-24-5-1-2-7-26(24)37-20-15-31-28(29)36/h1-2,5,7-8,14,22-23H,3-4,6,9-13,15-21H2,(H,31,36). The van der Waals surface area contributed by atoms with Crippen LogP contribution in [0.15, 0.2) is 42.9 Å². The molecule has 2 aromatic rings. The van der Waals surface area contributed by atoms with Gasteiger partial charge in [-0.25, -0.2) is 9.97 Å². The lowest BCUT2D eigenvalue weighted by Crippen LogP contribution is -2.52. The lowest BCUT2D eigenvalue weighted by molar-refractivity contribution is -0.137. The van der Waals surface area contributed by atoms with Crippen molar-refractivity contribution in [3.8, 4) is 5.75 Å². The van der Waals surface area contributed by atoms with E-state index in [2.05, 4.69) is 32.3 Å². The van der Waals surface area contributed by atoms with E-state index in [1.54, 1.807) is 12.5 Å². The molecule has 0 bridgehead atoms. The number of amides is 2. The molecular formula is C29H39N5O3. The van der Waals surface area contributed by atoms with Gasteiger partial charge in [0.1, 0.15) is 18.7 Å². The Labute approximate surface area is 219 Å². The second-order valence-corrected chi connectivity index (χ2v) is 10.8. The van der Waals surface area contributed by atoms with Crippen LogP contribution >= 0.6 is 0 Å². The van der Waals surface area contributed by atoms with Gasteiger partial charge in [-0.3, -0.25) is 14.5 Å². The van der Waals surface area contributed by atoms with Crippen molar-refractivity contribution in [2.75, 3.05) is 45.9 Å². The summed E-state index contributed by atoms with van der Waals surface area (Å²) in [5.74, 6) is 1.70. The van der Waals surface area contributed by atoms with Gasteiger partial charge in [-0.2, -0.15) is 0 Å². The second-order valence-electron chi connectivity index (χ2n) is 10.8. The molecule has 2 fully saturated rings. The SMILES string of the molecule is O=C(CN1CCC2(CCCCc3ccccc3OCCNC2=O)CC1)N1CCC(c2ccncn2)CC1. The number of ether oxygens (including phenoxy) is 1. The summed E-state index contributed by atoms with van der Waals surface area (Å²) in [5, 5.41) is 3.15. The van der Waals surface area contributed by atoms with Crippen molar-refractivity contribution in [2.45, 2.75) is 57.3 Å². The number of aromatic nitrogens is 2. The first kappa shape index (κ1) is 25.6. The van der Waals surface area contributed by atoms with Crippen LogP contribution in [0.5, 0.6) is 5.75 Å². The van der Waals surface area contributed by atoms with Gasteiger partial charge in [0.15, 0.2) is 0 Å². The third kappa shape index (κ3) is 6.29. The molecule has 37 heavy (non-hydrogen) atoms. The number of para-hydroxylation sites is 1. The van der Waals surface area contributed by atoms with Gasteiger partial charge in [0.2, 0.25) is 11.8 Å². The van der Waals surface area contributed by atoms with Crippen LogP contribution in [-0.2, 0) is 16.0 Å². The minimum Gasteiger partial charge on any atom is -0.491 e. The number of benzene rings is 1. The van der Waals surface area contributed by atoms with Gasteiger partial charge < -0.3 is 15.0 Å². The van der Waals surface area contributed by atoms with Crippen molar-refractivity contribution >= 4 is 11.8 Å². The second kappa shape index (κ2) is 12.0. The number of fused-ring (bicyclic) bond motifs is 1. The van der Waals surface area contributed by atoms with E-state index in [-0.39, 0.29) is 17.2 Å². The fraction of sp³-hybridized carbons (Fsp3) is 0.586. The molecule has 0 aliphatic carbocycles. The number of nitrogens with zero attached hydrogens (tertiary/aromatic N) is 4. The van der Waals surface area contributed by atoms with Crippen molar-refractivity contribution in [3.05, 3.63) is 54.1 Å². The molecule has 8 heteroatoms. The molecule has 0 saturated carbocycles. The molecule has 1 spiro atoms. The number of rotatable bonds is 3. The van der Waals surface area contributed by atoms with Gasteiger partial charge in [0, 0.05) is 30.9 Å². The highest BCUT2D eigenvalue weighted by Gasteiger charge is 2.41. The van der Waals surface area contributed by atoms with E-state index in [9.17, 15) is 9.59 Å². The van der Waals surface area contributed by atoms with E-state index in [0.717, 1.165) is 89.0 Å². The Morgan fingerprint density at radius 1 is 1.05 bits per heavy atom. The molecule has 5 rings (SSSR count). The van der Waals surface area contributed by atoms with Crippen LogP contribution in [0.25, 0.3) is 0 Å². The summed E-state index contributed by atoms with van der Waals surface area (Å²) in [6, 6.07) is 10.2. The first-order valence-corrected chi connectivity index (χ1v) is 13.9. The maximum atomic E-state index is 13.3. The number of carbonyl (C=O) groups is 2. The number of likely N-dealkylation sites (tertiary alicyclic amines) is 2. The van der Waals surface area contributed by atoms with Crippen molar-refractivity contribution in [2.24, 2.45) is 5.41 Å². The van der Waals surface area contributed by atoms with Gasteiger partial charge in [0.05, 0.1) is 18.5 Å². The molecule has 198 valence electrons. The Morgan fingerprint density at radius 3 is 2.65 bits per heavy atom. The van der Waals surface area contributed by atoms with Crippen LogP contribution in [-0.4, -0.2) is 77.5 Å². The Kier molecular flexibility index (Phi) is 8.34. The zero-order valence-corrected chi connectivity index (χ0v) is 21.7. The summed E-state index contributed by atoms with van der Waals surface area (Å²) in [6.45, 7) is 4.57. The number of nitrogens with one attached hydrogen (secondary N) is 1. The van der Waals surface area contributed by atoms with Crippen molar-refractivity contribution in [1.29, 1.82) is 0 Å². The van der Waals surface area contributed by atoms with Crippen LogP contribution in [0.4, 0.5) is 0 Å². The zero-order valence-electron chi connectivity index (χ0n) is 21.7. The van der Waals surface area contributed by atoms with E-state index in [4.69, 9.17) is 4.74 Å². The van der Waals surface area contributed by atoms with Crippen molar-refractivity contribution < 1.29 is 14.3 Å². The van der Waals surface area contributed by atoms with Crippen LogP contribution in [0.2, 0.25) is 0 Å². The molecule has 1 N–H and O–H groups in total. The fourth-order valence-corrected chi connectivity index (χ4v) is 6.13. The van der Waals surface area contributed by atoms with Crippen LogP contribution in [0, 0.1) is 5.41 Å². The molecule has 2 amide bonds. The maximum absolute atomic E-state index is 13.3. The predicted octanol–water partition coefficient (Wildman–Crippen LogP) is 3.19. The molecule has 0 atom stereocenters. The topological polar surface area (TPSA) is 87.7 Å². The van der Waals surface area contributed by atoms with E-state index in [0.29, 0.717) is 25.6 Å². The number of aryl methyl sites for hydroxylation is 1. The van der Waals surface area contributed by atoms with E-state index in [1.165, 1.54) is 5.56 Å². The van der Waals surface area contributed by atoms with Crippen LogP contribution in [0.1, 0.15) is 62.1 Å². The molecule has 0 radical (unpaired) electrons. The summed E-state index contributed by atoms with van der Waals surface area (Å²) in [5.41, 5.74) is 1.99. The molecule has 0 unspecified atom stereocenters.